The zero-order valence-corrected chi connectivity index (χ0v) is 12.6. The summed E-state index contributed by atoms with van der Waals surface area (Å²) in [5.41, 5.74) is 2.19. The van der Waals surface area contributed by atoms with Crippen LogP contribution >= 0.6 is 11.6 Å². The van der Waals surface area contributed by atoms with Gasteiger partial charge in [0.2, 0.25) is 0 Å². The third-order valence-electron chi connectivity index (χ3n) is 3.90. The zero-order valence-electron chi connectivity index (χ0n) is 11.8. The van der Waals surface area contributed by atoms with Crippen LogP contribution in [0.3, 0.4) is 0 Å². The number of rotatable bonds is 1. The lowest BCUT2D eigenvalue weighted by Crippen LogP contribution is -2.22. The van der Waals surface area contributed by atoms with Crippen LogP contribution in [0.2, 0.25) is 5.02 Å². The largest absolute Gasteiger partial charge is 0.339 e. The molecule has 0 bridgehead atoms. The van der Waals surface area contributed by atoms with Gasteiger partial charge < -0.3 is 4.57 Å². The van der Waals surface area contributed by atoms with Gasteiger partial charge in [0, 0.05) is 28.4 Å². The number of hydrogen-bond donors (Lipinski definition) is 0. The summed E-state index contributed by atoms with van der Waals surface area (Å²) in [5, 5.41) is 6.72. The summed E-state index contributed by atoms with van der Waals surface area (Å²) in [5.74, 6) is 0. The first kappa shape index (κ1) is 13.1. The quantitative estimate of drug-likeness (QED) is 0.539. The second kappa shape index (κ2) is 4.71. The predicted molar refractivity (Wildman–Crippen MR) is 88.8 cm³/mol. The molecular formula is C17H12ClN3O. The highest BCUT2D eigenvalue weighted by atomic mass is 35.5. The molecule has 4 rings (SSSR count). The van der Waals surface area contributed by atoms with Gasteiger partial charge in [-0.15, -0.1) is 0 Å². The summed E-state index contributed by atoms with van der Waals surface area (Å²) in [6.45, 7) is 0. The van der Waals surface area contributed by atoms with E-state index < -0.39 is 0 Å². The first-order valence-electron chi connectivity index (χ1n) is 6.88. The Morgan fingerprint density at radius 3 is 2.59 bits per heavy atom. The summed E-state index contributed by atoms with van der Waals surface area (Å²) in [6.07, 6.45) is 1.72. The Kier molecular flexibility index (Phi) is 2.81. The zero-order chi connectivity index (χ0) is 15.3. The van der Waals surface area contributed by atoms with E-state index in [1.165, 1.54) is 4.68 Å². The van der Waals surface area contributed by atoms with Crippen molar-refractivity contribution in [1.29, 1.82) is 0 Å². The molecule has 4 aromatic rings. The van der Waals surface area contributed by atoms with Crippen molar-refractivity contribution in [2.75, 3.05) is 0 Å². The third-order valence-corrected chi connectivity index (χ3v) is 4.13. The Morgan fingerprint density at radius 2 is 1.82 bits per heavy atom. The molecule has 0 saturated carbocycles. The molecule has 0 aliphatic heterocycles. The second-order valence-electron chi connectivity index (χ2n) is 5.18. The lowest BCUT2D eigenvalue weighted by molar-refractivity contribution is 0.811. The van der Waals surface area contributed by atoms with Crippen LogP contribution in [-0.4, -0.2) is 14.3 Å². The molecule has 2 aromatic carbocycles. The van der Waals surface area contributed by atoms with Gasteiger partial charge in [-0.2, -0.15) is 9.78 Å². The maximum Gasteiger partial charge on any atom is 0.296 e. The molecule has 0 atom stereocenters. The monoisotopic (exact) mass is 309 g/mol. The van der Waals surface area contributed by atoms with E-state index in [-0.39, 0.29) is 5.56 Å². The molecule has 5 heteroatoms. The van der Waals surface area contributed by atoms with Crippen molar-refractivity contribution in [2.24, 2.45) is 7.05 Å². The van der Waals surface area contributed by atoms with Crippen molar-refractivity contribution < 1.29 is 0 Å². The number of benzene rings is 2. The minimum Gasteiger partial charge on any atom is -0.339 e. The van der Waals surface area contributed by atoms with E-state index in [1.54, 1.807) is 6.20 Å². The third kappa shape index (κ3) is 1.77. The number of aryl methyl sites for hydroxylation is 1. The Hall–Kier alpha value is -2.59. The summed E-state index contributed by atoms with van der Waals surface area (Å²) in [7, 11) is 1.88. The highest BCUT2D eigenvalue weighted by molar-refractivity contribution is 6.31. The van der Waals surface area contributed by atoms with Crippen molar-refractivity contribution in [1.82, 2.24) is 14.3 Å². The van der Waals surface area contributed by atoms with E-state index in [0.717, 1.165) is 22.0 Å². The molecule has 0 spiro atoms. The number of halogens is 1. The molecule has 0 amide bonds. The average molecular weight is 310 g/mol. The van der Waals surface area contributed by atoms with Crippen molar-refractivity contribution in [3.63, 3.8) is 0 Å². The predicted octanol–water partition coefficient (Wildman–Crippen LogP) is 3.53. The van der Waals surface area contributed by atoms with Gasteiger partial charge in [0.05, 0.1) is 11.9 Å². The van der Waals surface area contributed by atoms with Gasteiger partial charge in [0.25, 0.3) is 5.56 Å². The fourth-order valence-electron chi connectivity index (χ4n) is 2.86. The highest BCUT2D eigenvalue weighted by Crippen LogP contribution is 2.28. The SMILES string of the molecule is Cn1c2ccc(Cl)cc2c2cnn(-c3ccccc3)c(=O)c21. The Balaban J connectivity index is 2.14. The molecule has 0 N–H and O–H groups in total. The Bertz CT molecular complexity index is 1060. The van der Waals surface area contributed by atoms with Gasteiger partial charge in [-0.05, 0) is 30.3 Å². The molecule has 0 fully saturated rings. The summed E-state index contributed by atoms with van der Waals surface area (Å²) >= 11 is 6.08. The maximum absolute atomic E-state index is 12.9. The second-order valence-corrected chi connectivity index (χ2v) is 5.62. The summed E-state index contributed by atoms with van der Waals surface area (Å²) in [4.78, 5) is 12.9. The first-order valence-corrected chi connectivity index (χ1v) is 7.26. The molecular weight excluding hydrogens is 298 g/mol. The fraction of sp³-hybridized carbons (Fsp3) is 0.0588. The summed E-state index contributed by atoms with van der Waals surface area (Å²) in [6, 6.07) is 15.0. The lowest BCUT2D eigenvalue weighted by Gasteiger charge is -2.04. The van der Waals surface area contributed by atoms with Crippen molar-refractivity contribution in [3.05, 3.63) is 70.1 Å². The molecule has 4 nitrogen and oxygen atoms in total. The van der Waals surface area contributed by atoms with Gasteiger partial charge in [-0.25, -0.2) is 0 Å². The molecule has 2 heterocycles. The first-order chi connectivity index (χ1) is 10.7. The maximum atomic E-state index is 12.9. The minimum atomic E-state index is -0.140. The number of nitrogens with zero attached hydrogens (tertiary/aromatic N) is 3. The van der Waals surface area contributed by atoms with E-state index in [0.29, 0.717) is 10.5 Å². The fourth-order valence-corrected chi connectivity index (χ4v) is 3.03. The van der Waals surface area contributed by atoms with Crippen LogP contribution in [0.1, 0.15) is 0 Å². The van der Waals surface area contributed by atoms with E-state index in [9.17, 15) is 4.79 Å². The molecule has 22 heavy (non-hydrogen) atoms. The molecule has 0 saturated heterocycles. The smallest absolute Gasteiger partial charge is 0.296 e. The molecule has 108 valence electrons. The van der Waals surface area contributed by atoms with E-state index in [2.05, 4.69) is 5.10 Å². The van der Waals surface area contributed by atoms with Crippen molar-refractivity contribution in [2.45, 2.75) is 0 Å². The number of aromatic nitrogens is 3. The Morgan fingerprint density at radius 1 is 1.05 bits per heavy atom. The highest BCUT2D eigenvalue weighted by Gasteiger charge is 2.14. The van der Waals surface area contributed by atoms with Gasteiger partial charge in [-0.3, -0.25) is 4.79 Å². The lowest BCUT2D eigenvalue weighted by atomic mass is 10.2. The van der Waals surface area contributed by atoms with Gasteiger partial charge in [-0.1, -0.05) is 29.8 Å². The molecule has 0 radical (unpaired) electrons. The van der Waals surface area contributed by atoms with E-state index in [1.807, 2.05) is 60.1 Å². The molecule has 0 aliphatic carbocycles. The molecule has 0 aliphatic rings. The van der Waals surface area contributed by atoms with Gasteiger partial charge >= 0.3 is 0 Å². The minimum absolute atomic E-state index is 0.140. The normalized spacial score (nSPS) is 11.4. The van der Waals surface area contributed by atoms with Crippen molar-refractivity contribution in [3.8, 4) is 5.69 Å². The van der Waals surface area contributed by atoms with E-state index in [4.69, 9.17) is 11.6 Å². The number of hydrogen-bond acceptors (Lipinski definition) is 2. The van der Waals surface area contributed by atoms with Crippen LogP contribution in [0.4, 0.5) is 0 Å². The Labute approximate surface area is 131 Å². The van der Waals surface area contributed by atoms with Crippen LogP contribution in [0.15, 0.2) is 59.5 Å². The standard InChI is InChI=1S/C17H12ClN3O/c1-20-15-8-7-11(18)9-13(15)14-10-19-21(17(22)16(14)20)12-5-3-2-4-6-12/h2-10H,1H3. The van der Waals surface area contributed by atoms with Gasteiger partial charge in [0.1, 0.15) is 5.52 Å². The number of fused-ring (bicyclic) bond motifs is 3. The molecule has 0 unspecified atom stereocenters. The van der Waals surface area contributed by atoms with Crippen molar-refractivity contribution >= 4 is 33.4 Å². The van der Waals surface area contributed by atoms with Crippen LogP contribution in [0.5, 0.6) is 0 Å². The van der Waals surface area contributed by atoms with Crippen LogP contribution in [-0.2, 0) is 7.05 Å². The topological polar surface area (TPSA) is 39.8 Å². The van der Waals surface area contributed by atoms with Crippen LogP contribution in [0.25, 0.3) is 27.5 Å². The van der Waals surface area contributed by atoms with Crippen LogP contribution in [0, 0.1) is 0 Å². The van der Waals surface area contributed by atoms with Crippen LogP contribution < -0.4 is 5.56 Å². The summed E-state index contributed by atoms with van der Waals surface area (Å²) < 4.78 is 3.31. The molecule has 2 aromatic heterocycles. The average Bonchev–Trinajstić information content (AvgIpc) is 2.82. The number of para-hydroxylation sites is 1. The van der Waals surface area contributed by atoms with Gasteiger partial charge in [0.15, 0.2) is 0 Å². The van der Waals surface area contributed by atoms with E-state index >= 15 is 0 Å².